The highest BCUT2D eigenvalue weighted by molar-refractivity contribution is 7.99. The molecule has 0 spiro atoms. The van der Waals surface area contributed by atoms with Gasteiger partial charge in [0.2, 0.25) is 0 Å². The number of methoxy groups -OCH3 is 1. The molecule has 0 saturated carbocycles. The molecular weight excluding hydrogens is 248 g/mol. The minimum absolute atomic E-state index is 0.216. The normalized spacial score (nSPS) is 12.2. The first-order valence-corrected chi connectivity index (χ1v) is 6.88. The maximum atomic E-state index is 11.4. The minimum atomic E-state index is -0.242. The van der Waals surface area contributed by atoms with E-state index in [1.807, 2.05) is 6.92 Å². The van der Waals surface area contributed by atoms with Crippen LogP contribution in [0.1, 0.15) is 17.7 Å². The van der Waals surface area contributed by atoms with Crippen LogP contribution in [0.3, 0.4) is 0 Å². The third kappa shape index (κ3) is 4.66. The van der Waals surface area contributed by atoms with Crippen LogP contribution in [0.4, 0.5) is 0 Å². The summed E-state index contributed by atoms with van der Waals surface area (Å²) in [4.78, 5) is 15.8. The van der Waals surface area contributed by atoms with E-state index in [1.165, 1.54) is 12.7 Å². The largest absolute Gasteiger partial charge is 0.468 e. The van der Waals surface area contributed by atoms with Crippen LogP contribution in [-0.4, -0.2) is 36.9 Å². The zero-order valence-corrected chi connectivity index (χ0v) is 12.1. The van der Waals surface area contributed by atoms with Gasteiger partial charge in [0.1, 0.15) is 6.04 Å². The molecule has 1 aromatic heterocycles. The molecular formula is C13H20N2O2S. The summed E-state index contributed by atoms with van der Waals surface area (Å²) in [6, 6.07) is 3.87. The Kier molecular flexibility index (Phi) is 6.15. The Hall–Kier alpha value is -1.07. The van der Waals surface area contributed by atoms with E-state index < -0.39 is 0 Å². The topological polar surface area (TPSA) is 51.2 Å². The number of esters is 1. The minimum Gasteiger partial charge on any atom is -0.468 e. The smallest absolute Gasteiger partial charge is 0.322 e. The molecule has 0 aliphatic heterocycles. The summed E-state index contributed by atoms with van der Waals surface area (Å²) in [5.41, 5.74) is 2.23. The average Bonchev–Trinajstić information content (AvgIpc) is 2.32. The molecule has 1 N–H and O–H groups in total. The third-order valence-corrected chi connectivity index (χ3v) is 3.51. The number of carbonyl (C=O) groups is 1. The van der Waals surface area contributed by atoms with E-state index in [0.29, 0.717) is 0 Å². The van der Waals surface area contributed by atoms with Gasteiger partial charge >= 0.3 is 5.97 Å². The first-order chi connectivity index (χ1) is 8.56. The van der Waals surface area contributed by atoms with Crippen LogP contribution in [0.15, 0.2) is 17.2 Å². The highest BCUT2D eigenvalue weighted by Crippen LogP contribution is 2.19. The molecule has 4 nitrogen and oxygen atoms in total. The molecule has 1 aromatic rings. The quantitative estimate of drug-likeness (QED) is 0.631. The number of carbonyl (C=O) groups excluding carboxylic acids is 1. The molecule has 0 aliphatic carbocycles. The average molecular weight is 268 g/mol. The van der Waals surface area contributed by atoms with Crippen LogP contribution < -0.4 is 5.32 Å². The zero-order chi connectivity index (χ0) is 13.5. The lowest BCUT2D eigenvalue weighted by Crippen LogP contribution is -2.35. The van der Waals surface area contributed by atoms with E-state index >= 15 is 0 Å². The lowest BCUT2D eigenvalue weighted by atomic mass is 10.2. The lowest BCUT2D eigenvalue weighted by molar-refractivity contribution is -0.143. The Balaban J connectivity index is 2.47. The Bertz CT molecular complexity index is 390. The van der Waals surface area contributed by atoms with Crippen molar-refractivity contribution < 1.29 is 9.53 Å². The summed E-state index contributed by atoms with van der Waals surface area (Å²) in [5, 5.41) is 3.96. The maximum absolute atomic E-state index is 11.4. The van der Waals surface area contributed by atoms with Crippen molar-refractivity contribution in [1.29, 1.82) is 0 Å². The number of hydrogen-bond donors (Lipinski definition) is 1. The highest BCUT2D eigenvalue weighted by atomic mass is 32.2. The molecule has 1 atom stereocenters. The summed E-state index contributed by atoms with van der Waals surface area (Å²) in [6.45, 7) is 4.05. The number of pyridine rings is 1. The van der Waals surface area contributed by atoms with E-state index in [-0.39, 0.29) is 12.0 Å². The van der Waals surface area contributed by atoms with Gasteiger partial charge in [-0.3, -0.25) is 4.79 Å². The second-order valence-electron chi connectivity index (χ2n) is 4.13. The summed E-state index contributed by atoms with van der Waals surface area (Å²) >= 11 is 1.66. The Morgan fingerprint density at radius 1 is 1.50 bits per heavy atom. The van der Waals surface area contributed by atoms with Crippen LogP contribution in [0.25, 0.3) is 0 Å². The Morgan fingerprint density at radius 3 is 2.78 bits per heavy atom. The van der Waals surface area contributed by atoms with Crippen LogP contribution in [0.5, 0.6) is 0 Å². The Morgan fingerprint density at radius 2 is 2.22 bits per heavy atom. The van der Waals surface area contributed by atoms with E-state index in [1.54, 1.807) is 18.8 Å². The Labute approximate surface area is 113 Å². The van der Waals surface area contributed by atoms with Crippen molar-refractivity contribution in [1.82, 2.24) is 10.3 Å². The summed E-state index contributed by atoms with van der Waals surface area (Å²) < 4.78 is 4.72. The molecule has 100 valence electrons. The molecule has 0 saturated heterocycles. The molecule has 5 heteroatoms. The predicted octanol–water partition coefficient (Wildman–Crippen LogP) is 1.94. The molecule has 0 fully saturated rings. The second-order valence-corrected chi connectivity index (χ2v) is 5.24. The number of hydrogen-bond acceptors (Lipinski definition) is 5. The van der Waals surface area contributed by atoms with Gasteiger partial charge in [-0.1, -0.05) is 0 Å². The van der Waals surface area contributed by atoms with Crippen molar-refractivity contribution in [2.45, 2.75) is 31.3 Å². The monoisotopic (exact) mass is 268 g/mol. The number of rotatable bonds is 6. The van der Waals surface area contributed by atoms with Crippen molar-refractivity contribution in [2.24, 2.45) is 0 Å². The van der Waals surface area contributed by atoms with Gasteiger partial charge in [0, 0.05) is 11.4 Å². The van der Waals surface area contributed by atoms with Crippen molar-refractivity contribution in [3.63, 3.8) is 0 Å². The van der Waals surface area contributed by atoms with Gasteiger partial charge in [0.05, 0.1) is 12.1 Å². The van der Waals surface area contributed by atoms with Crippen molar-refractivity contribution in [2.75, 3.05) is 19.9 Å². The third-order valence-electron chi connectivity index (χ3n) is 2.56. The lowest BCUT2D eigenvalue weighted by Gasteiger charge is -2.13. The second kappa shape index (κ2) is 7.38. The molecule has 0 aromatic carbocycles. The molecule has 18 heavy (non-hydrogen) atoms. The molecule has 0 aliphatic rings. The first kappa shape index (κ1) is 15.0. The fraction of sp³-hybridized carbons (Fsp3) is 0.538. The molecule has 1 unspecified atom stereocenters. The number of ether oxygens (including phenoxy) is 1. The van der Waals surface area contributed by atoms with E-state index in [9.17, 15) is 4.79 Å². The number of nitrogens with zero attached hydrogens (tertiary/aromatic N) is 1. The first-order valence-electron chi connectivity index (χ1n) is 5.90. The zero-order valence-electron chi connectivity index (χ0n) is 11.3. The van der Waals surface area contributed by atoms with E-state index in [0.717, 1.165) is 22.9 Å². The molecule has 0 radical (unpaired) electrons. The SMILES string of the molecule is CNC(CCSc1cc(C)cc(C)n1)C(=O)OC. The van der Waals surface area contributed by atoms with Crippen molar-refractivity contribution >= 4 is 17.7 Å². The maximum Gasteiger partial charge on any atom is 0.322 e. The highest BCUT2D eigenvalue weighted by Gasteiger charge is 2.16. The van der Waals surface area contributed by atoms with Gasteiger partial charge in [0.15, 0.2) is 0 Å². The summed E-state index contributed by atoms with van der Waals surface area (Å²) in [5.74, 6) is 0.614. The fourth-order valence-electron chi connectivity index (χ4n) is 1.68. The van der Waals surface area contributed by atoms with Crippen molar-refractivity contribution in [3.05, 3.63) is 23.4 Å². The van der Waals surface area contributed by atoms with Gasteiger partial charge in [-0.2, -0.15) is 0 Å². The summed E-state index contributed by atoms with van der Waals surface area (Å²) in [6.07, 6.45) is 0.725. The van der Waals surface area contributed by atoms with Crippen LogP contribution in [0.2, 0.25) is 0 Å². The van der Waals surface area contributed by atoms with Gasteiger partial charge in [-0.05, 0) is 45.0 Å². The predicted molar refractivity (Wildman–Crippen MR) is 73.9 cm³/mol. The van der Waals surface area contributed by atoms with Crippen LogP contribution >= 0.6 is 11.8 Å². The molecule has 0 bridgehead atoms. The van der Waals surface area contributed by atoms with Crippen molar-refractivity contribution in [3.8, 4) is 0 Å². The molecule has 0 amide bonds. The molecule has 1 heterocycles. The van der Waals surface area contributed by atoms with Gasteiger partial charge in [-0.15, -0.1) is 11.8 Å². The number of aromatic nitrogens is 1. The van der Waals surface area contributed by atoms with E-state index in [2.05, 4.69) is 29.4 Å². The number of aryl methyl sites for hydroxylation is 2. The fourth-order valence-corrected chi connectivity index (χ4v) is 2.72. The number of likely N-dealkylation sites (N-methyl/N-ethyl adjacent to an activating group) is 1. The summed E-state index contributed by atoms with van der Waals surface area (Å²) in [7, 11) is 3.17. The number of thioether (sulfide) groups is 1. The van der Waals surface area contributed by atoms with E-state index in [4.69, 9.17) is 4.74 Å². The number of nitrogens with one attached hydrogen (secondary N) is 1. The van der Waals surface area contributed by atoms with Gasteiger partial charge in [-0.25, -0.2) is 4.98 Å². The molecule has 1 rings (SSSR count). The van der Waals surface area contributed by atoms with Gasteiger partial charge in [0.25, 0.3) is 0 Å². The van der Waals surface area contributed by atoms with Gasteiger partial charge < -0.3 is 10.1 Å². The van der Waals surface area contributed by atoms with Crippen LogP contribution in [0, 0.1) is 13.8 Å². The standard InChI is InChI=1S/C13H20N2O2S/c1-9-7-10(2)15-12(8-9)18-6-5-11(14-3)13(16)17-4/h7-8,11,14H,5-6H2,1-4H3. The van der Waals surface area contributed by atoms with Crippen LogP contribution in [-0.2, 0) is 9.53 Å².